The lowest BCUT2D eigenvalue weighted by atomic mass is 10.3. The normalized spacial score (nSPS) is 11.6. The molecule has 1 heterocycles. The first-order valence-corrected chi connectivity index (χ1v) is 8.60. The van der Waals surface area contributed by atoms with Crippen molar-refractivity contribution in [2.24, 2.45) is 0 Å². The van der Waals surface area contributed by atoms with Gasteiger partial charge in [-0.3, -0.25) is 10.1 Å². The SMILES string of the molecule is CNC(=O)NC(=O)[C@H](C)Sc1nnc(Nc2cccc(Cl)c2)s1. The molecule has 10 heteroatoms. The molecular weight excluding hydrogens is 358 g/mol. The molecule has 23 heavy (non-hydrogen) atoms. The van der Waals surface area contributed by atoms with E-state index in [0.717, 1.165) is 5.69 Å². The highest BCUT2D eigenvalue weighted by molar-refractivity contribution is 8.02. The van der Waals surface area contributed by atoms with Gasteiger partial charge in [-0.05, 0) is 25.1 Å². The number of benzene rings is 1. The van der Waals surface area contributed by atoms with Gasteiger partial charge < -0.3 is 10.6 Å². The first-order valence-electron chi connectivity index (χ1n) is 6.53. The van der Waals surface area contributed by atoms with Gasteiger partial charge in [0.05, 0.1) is 5.25 Å². The largest absolute Gasteiger partial charge is 0.341 e. The molecule has 1 atom stereocenters. The van der Waals surface area contributed by atoms with Crippen molar-refractivity contribution in [3.8, 4) is 0 Å². The molecule has 0 radical (unpaired) electrons. The molecule has 0 aliphatic carbocycles. The molecule has 3 N–H and O–H groups in total. The maximum Gasteiger partial charge on any atom is 0.321 e. The van der Waals surface area contributed by atoms with Crippen molar-refractivity contribution in [3.63, 3.8) is 0 Å². The van der Waals surface area contributed by atoms with Gasteiger partial charge in [-0.15, -0.1) is 10.2 Å². The van der Waals surface area contributed by atoms with Gasteiger partial charge in [0.2, 0.25) is 11.0 Å². The van der Waals surface area contributed by atoms with Crippen LogP contribution in [0, 0.1) is 0 Å². The Hall–Kier alpha value is -1.84. The number of hydrogen-bond acceptors (Lipinski definition) is 7. The number of thioether (sulfide) groups is 1. The van der Waals surface area contributed by atoms with Crippen molar-refractivity contribution < 1.29 is 9.59 Å². The molecule has 0 unspecified atom stereocenters. The minimum atomic E-state index is -0.539. The Kier molecular flexibility index (Phi) is 6.20. The Bertz CT molecular complexity index is 709. The van der Waals surface area contributed by atoms with Crippen molar-refractivity contribution in [2.75, 3.05) is 12.4 Å². The van der Waals surface area contributed by atoms with Crippen LogP contribution < -0.4 is 16.0 Å². The van der Waals surface area contributed by atoms with Crippen LogP contribution in [0.4, 0.5) is 15.6 Å². The quantitative estimate of drug-likeness (QED) is 0.699. The second-order valence-electron chi connectivity index (χ2n) is 4.34. The fourth-order valence-corrected chi connectivity index (χ4v) is 3.58. The van der Waals surface area contributed by atoms with E-state index in [-0.39, 0.29) is 0 Å². The van der Waals surface area contributed by atoms with Gasteiger partial charge in [-0.1, -0.05) is 40.8 Å². The minimum Gasteiger partial charge on any atom is -0.341 e. The van der Waals surface area contributed by atoms with Crippen molar-refractivity contribution in [2.45, 2.75) is 16.5 Å². The number of halogens is 1. The number of nitrogens with one attached hydrogen (secondary N) is 3. The van der Waals surface area contributed by atoms with Gasteiger partial charge in [0.1, 0.15) is 0 Å². The zero-order valence-electron chi connectivity index (χ0n) is 12.3. The summed E-state index contributed by atoms with van der Waals surface area (Å²) in [4.78, 5) is 22.9. The molecule has 0 fully saturated rings. The summed E-state index contributed by atoms with van der Waals surface area (Å²) >= 11 is 8.46. The lowest BCUT2D eigenvalue weighted by Crippen LogP contribution is -2.41. The van der Waals surface area contributed by atoms with Crippen molar-refractivity contribution in [1.82, 2.24) is 20.8 Å². The Morgan fingerprint density at radius 2 is 2.13 bits per heavy atom. The average Bonchev–Trinajstić information content (AvgIpc) is 2.94. The summed E-state index contributed by atoms with van der Waals surface area (Å²) in [5.41, 5.74) is 0.801. The summed E-state index contributed by atoms with van der Waals surface area (Å²) in [6.07, 6.45) is 0. The summed E-state index contributed by atoms with van der Waals surface area (Å²) in [5, 5.41) is 16.4. The molecule has 0 aliphatic rings. The number of carbonyl (C=O) groups excluding carboxylic acids is 2. The van der Waals surface area contributed by atoms with Crippen LogP contribution in [0.25, 0.3) is 0 Å². The molecule has 122 valence electrons. The molecule has 0 saturated heterocycles. The summed E-state index contributed by atoms with van der Waals surface area (Å²) < 4.78 is 0.620. The van der Waals surface area contributed by atoms with E-state index in [1.807, 2.05) is 12.1 Å². The second kappa shape index (κ2) is 8.14. The lowest BCUT2D eigenvalue weighted by Gasteiger charge is -2.08. The van der Waals surface area contributed by atoms with Gasteiger partial charge in [-0.2, -0.15) is 0 Å². The molecule has 0 aliphatic heterocycles. The number of amides is 3. The van der Waals surface area contributed by atoms with E-state index in [9.17, 15) is 9.59 Å². The summed E-state index contributed by atoms with van der Waals surface area (Å²) in [6.45, 7) is 1.69. The highest BCUT2D eigenvalue weighted by atomic mass is 35.5. The molecule has 0 spiro atoms. The van der Waals surface area contributed by atoms with Crippen LogP contribution in [0.3, 0.4) is 0 Å². The molecule has 2 aromatic rings. The molecule has 0 saturated carbocycles. The van der Waals surface area contributed by atoms with E-state index in [4.69, 9.17) is 11.6 Å². The van der Waals surface area contributed by atoms with E-state index >= 15 is 0 Å². The molecular formula is C13H14ClN5O2S2. The first-order chi connectivity index (χ1) is 11.0. The highest BCUT2D eigenvalue weighted by Crippen LogP contribution is 2.30. The number of rotatable bonds is 5. The summed E-state index contributed by atoms with van der Waals surface area (Å²) in [6, 6.07) is 6.70. The number of carbonyl (C=O) groups is 2. The predicted octanol–water partition coefficient (Wildman–Crippen LogP) is 2.87. The number of nitrogens with zero attached hydrogens (tertiary/aromatic N) is 2. The van der Waals surface area contributed by atoms with Crippen LogP contribution in [0.15, 0.2) is 28.6 Å². The number of aromatic nitrogens is 2. The van der Waals surface area contributed by atoms with E-state index in [2.05, 4.69) is 26.1 Å². The Morgan fingerprint density at radius 3 is 2.83 bits per heavy atom. The Labute approximate surface area is 146 Å². The number of hydrogen-bond donors (Lipinski definition) is 3. The number of imide groups is 1. The van der Waals surface area contributed by atoms with Crippen LogP contribution in [0.1, 0.15) is 6.92 Å². The lowest BCUT2D eigenvalue weighted by molar-refractivity contribution is -0.119. The molecule has 0 bridgehead atoms. The monoisotopic (exact) mass is 371 g/mol. The standard InChI is InChI=1S/C13H14ClN5O2S2/c1-7(10(20)17-11(21)15-2)22-13-19-18-12(23-13)16-9-5-3-4-8(14)6-9/h3-7H,1-2H3,(H,16,18)(H2,15,17,20,21)/t7-/m0/s1. The van der Waals surface area contributed by atoms with Crippen LogP contribution in [0.2, 0.25) is 5.02 Å². The van der Waals surface area contributed by atoms with Crippen molar-refractivity contribution >= 4 is 57.5 Å². The average molecular weight is 372 g/mol. The minimum absolute atomic E-state index is 0.395. The fourth-order valence-electron chi connectivity index (χ4n) is 1.48. The third kappa shape index (κ3) is 5.38. The predicted molar refractivity (Wildman–Crippen MR) is 92.6 cm³/mol. The molecule has 1 aromatic heterocycles. The van der Waals surface area contributed by atoms with E-state index in [1.165, 1.54) is 30.1 Å². The topological polar surface area (TPSA) is 96.0 Å². The van der Waals surface area contributed by atoms with E-state index < -0.39 is 17.2 Å². The maximum atomic E-state index is 11.8. The second-order valence-corrected chi connectivity index (χ2v) is 7.34. The fraction of sp³-hybridized carbons (Fsp3) is 0.231. The molecule has 7 nitrogen and oxygen atoms in total. The van der Waals surface area contributed by atoms with E-state index in [0.29, 0.717) is 14.5 Å². The third-order valence-corrected chi connectivity index (χ3v) is 4.85. The van der Waals surface area contributed by atoms with E-state index in [1.54, 1.807) is 19.1 Å². The first kappa shape index (κ1) is 17.5. The molecule has 2 rings (SSSR count). The van der Waals surface area contributed by atoms with Crippen molar-refractivity contribution in [1.29, 1.82) is 0 Å². The van der Waals surface area contributed by atoms with Gasteiger partial charge in [0.25, 0.3) is 0 Å². The highest BCUT2D eigenvalue weighted by Gasteiger charge is 2.18. The summed E-state index contributed by atoms with van der Waals surface area (Å²) in [7, 11) is 1.44. The molecule has 3 amide bonds. The van der Waals surface area contributed by atoms with Gasteiger partial charge in [0.15, 0.2) is 4.34 Å². The van der Waals surface area contributed by atoms with Crippen molar-refractivity contribution in [3.05, 3.63) is 29.3 Å². The van der Waals surface area contributed by atoms with Crippen LogP contribution in [0.5, 0.6) is 0 Å². The number of anilines is 2. The maximum absolute atomic E-state index is 11.8. The van der Waals surface area contributed by atoms with Gasteiger partial charge >= 0.3 is 6.03 Å². The van der Waals surface area contributed by atoms with Gasteiger partial charge in [0, 0.05) is 17.8 Å². The molecule has 1 aromatic carbocycles. The number of urea groups is 1. The smallest absolute Gasteiger partial charge is 0.321 e. The van der Waals surface area contributed by atoms with Crippen LogP contribution >= 0.6 is 34.7 Å². The third-order valence-electron chi connectivity index (χ3n) is 2.59. The van der Waals surface area contributed by atoms with Crippen LogP contribution in [-0.4, -0.2) is 34.4 Å². The summed E-state index contributed by atoms with van der Waals surface area (Å²) in [5.74, 6) is -0.395. The Morgan fingerprint density at radius 1 is 1.35 bits per heavy atom. The Balaban J connectivity index is 1.94. The zero-order chi connectivity index (χ0) is 16.8. The zero-order valence-corrected chi connectivity index (χ0v) is 14.7. The van der Waals surface area contributed by atoms with Crippen LogP contribution in [-0.2, 0) is 4.79 Å². The van der Waals surface area contributed by atoms with Gasteiger partial charge in [-0.25, -0.2) is 4.79 Å².